The number of fused-ring (bicyclic) bond motifs is 2. The van der Waals surface area contributed by atoms with Gasteiger partial charge in [0.15, 0.2) is 9.14 Å². The number of hydrogen-bond acceptors (Lipinski definition) is 5. The van der Waals surface area contributed by atoms with E-state index in [4.69, 9.17) is 0 Å². The highest BCUT2D eigenvalue weighted by molar-refractivity contribution is 8.01. The molecule has 2 aromatic heterocycles. The summed E-state index contributed by atoms with van der Waals surface area (Å²) in [6.07, 6.45) is 1.27. The molecule has 7 heteroatoms. The number of aromatic nitrogens is 2. The van der Waals surface area contributed by atoms with Crippen LogP contribution in [0.1, 0.15) is 12.8 Å². The molecule has 0 radical (unpaired) electrons. The van der Waals surface area contributed by atoms with Crippen molar-refractivity contribution in [3.05, 3.63) is 53.3 Å². The quantitative estimate of drug-likeness (QED) is 0.356. The predicted octanol–water partition coefficient (Wildman–Crippen LogP) is 4.85. The summed E-state index contributed by atoms with van der Waals surface area (Å²) in [4.78, 5) is 21.9. The first-order chi connectivity index (χ1) is 12.7. The number of thiazole rings is 2. The molecular weight excluding hydrogens is 382 g/mol. The van der Waals surface area contributed by atoms with E-state index >= 15 is 0 Å². The SMILES string of the molecule is Cn1c(=NC(=O)CCCSc2nc3ccccc3s2)sc2ccccc21. The third-order valence-electron chi connectivity index (χ3n) is 3.97. The van der Waals surface area contributed by atoms with Crippen LogP contribution < -0.4 is 4.80 Å². The highest BCUT2D eigenvalue weighted by Gasteiger charge is 2.06. The fourth-order valence-corrected chi connectivity index (χ4v) is 5.76. The number of carbonyl (C=O) groups excluding carboxylic acids is 1. The lowest BCUT2D eigenvalue weighted by atomic mass is 10.3. The van der Waals surface area contributed by atoms with Crippen LogP contribution in [0.2, 0.25) is 0 Å². The van der Waals surface area contributed by atoms with Gasteiger partial charge in [-0.1, -0.05) is 47.4 Å². The summed E-state index contributed by atoms with van der Waals surface area (Å²) in [5.74, 6) is 0.816. The summed E-state index contributed by atoms with van der Waals surface area (Å²) < 4.78 is 5.39. The fraction of sp³-hybridized carbons (Fsp3) is 0.211. The zero-order valence-electron chi connectivity index (χ0n) is 14.2. The zero-order valence-corrected chi connectivity index (χ0v) is 16.7. The summed E-state index contributed by atoms with van der Waals surface area (Å²) in [6.45, 7) is 0. The molecule has 0 unspecified atom stereocenters. The van der Waals surface area contributed by atoms with Gasteiger partial charge < -0.3 is 4.57 Å². The van der Waals surface area contributed by atoms with Crippen LogP contribution in [-0.4, -0.2) is 21.2 Å². The molecule has 0 fully saturated rings. The molecule has 4 rings (SSSR count). The molecule has 4 aromatic rings. The van der Waals surface area contributed by atoms with Gasteiger partial charge in [0.05, 0.1) is 20.4 Å². The van der Waals surface area contributed by atoms with Crippen molar-refractivity contribution in [3.63, 3.8) is 0 Å². The average Bonchev–Trinajstić information content (AvgIpc) is 3.20. The van der Waals surface area contributed by atoms with Crippen molar-refractivity contribution in [2.45, 2.75) is 17.2 Å². The van der Waals surface area contributed by atoms with Crippen LogP contribution in [0.25, 0.3) is 20.4 Å². The summed E-state index contributed by atoms with van der Waals surface area (Å²) in [5, 5.41) is 0. The van der Waals surface area contributed by atoms with E-state index in [0.29, 0.717) is 6.42 Å². The van der Waals surface area contributed by atoms with E-state index in [-0.39, 0.29) is 5.91 Å². The Hall–Kier alpha value is -1.96. The van der Waals surface area contributed by atoms with Crippen LogP contribution in [0.15, 0.2) is 57.9 Å². The minimum atomic E-state index is -0.0583. The Morgan fingerprint density at radius 2 is 1.88 bits per heavy atom. The van der Waals surface area contributed by atoms with Crippen LogP contribution in [0.3, 0.4) is 0 Å². The van der Waals surface area contributed by atoms with Gasteiger partial charge in [0.2, 0.25) is 5.91 Å². The molecule has 0 N–H and O–H groups in total. The van der Waals surface area contributed by atoms with E-state index in [1.807, 2.05) is 48.0 Å². The van der Waals surface area contributed by atoms with E-state index in [1.54, 1.807) is 34.4 Å². The van der Waals surface area contributed by atoms with Crippen molar-refractivity contribution >= 4 is 60.8 Å². The van der Waals surface area contributed by atoms with Gasteiger partial charge in [-0.15, -0.1) is 11.3 Å². The predicted molar refractivity (Wildman–Crippen MR) is 111 cm³/mol. The van der Waals surface area contributed by atoms with Crippen molar-refractivity contribution < 1.29 is 4.79 Å². The Balaban J connectivity index is 1.35. The first kappa shape index (κ1) is 17.5. The van der Waals surface area contributed by atoms with Gasteiger partial charge >= 0.3 is 0 Å². The molecule has 0 saturated carbocycles. The molecule has 2 aromatic carbocycles. The summed E-state index contributed by atoms with van der Waals surface area (Å²) in [5.41, 5.74) is 2.15. The zero-order chi connectivity index (χ0) is 17.9. The molecule has 0 aliphatic heterocycles. The van der Waals surface area contributed by atoms with E-state index in [2.05, 4.69) is 22.1 Å². The number of para-hydroxylation sites is 2. The number of aryl methyl sites for hydroxylation is 1. The van der Waals surface area contributed by atoms with Crippen LogP contribution in [0.5, 0.6) is 0 Å². The van der Waals surface area contributed by atoms with Gasteiger partial charge in [-0.05, 0) is 30.7 Å². The maximum absolute atomic E-state index is 12.2. The number of amides is 1. The second kappa shape index (κ2) is 7.73. The lowest BCUT2D eigenvalue weighted by Gasteiger charge is -1.96. The number of nitrogens with zero attached hydrogens (tertiary/aromatic N) is 3. The van der Waals surface area contributed by atoms with Gasteiger partial charge in [0.25, 0.3) is 0 Å². The third kappa shape index (κ3) is 3.75. The molecular formula is C19H17N3OS3. The Morgan fingerprint density at radius 3 is 2.69 bits per heavy atom. The molecule has 0 bridgehead atoms. The maximum Gasteiger partial charge on any atom is 0.248 e. The minimum absolute atomic E-state index is 0.0583. The molecule has 0 spiro atoms. The number of hydrogen-bond donors (Lipinski definition) is 0. The Morgan fingerprint density at radius 1 is 1.12 bits per heavy atom. The molecule has 1 amide bonds. The summed E-state index contributed by atoms with van der Waals surface area (Å²) >= 11 is 4.97. The van der Waals surface area contributed by atoms with Gasteiger partial charge in [-0.3, -0.25) is 4.79 Å². The van der Waals surface area contributed by atoms with Gasteiger partial charge in [-0.25, -0.2) is 4.98 Å². The Kier molecular flexibility index (Phi) is 5.19. The van der Waals surface area contributed by atoms with Crippen LogP contribution in [0, 0.1) is 0 Å². The van der Waals surface area contributed by atoms with Crippen LogP contribution in [-0.2, 0) is 11.8 Å². The van der Waals surface area contributed by atoms with Crippen LogP contribution >= 0.6 is 34.4 Å². The van der Waals surface area contributed by atoms with Crippen molar-refractivity contribution in [1.82, 2.24) is 9.55 Å². The standard InChI is InChI=1S/C19H17N3OS3/c1-22-14-8-3-5-10-16(14)25-18(22)21-17(23)11-6-12-24-19-20-13-7-2-4-9-15(13)26-19/h2-5,7-10H,6,11-12H2,1H3. The van der Waals surface area contributed by atoms with Crippen molar-refractivity contribution in [3.8, 4) is 0 Å². The summed E-state index contributed by atoms with van der Waals surface area (Å²) in [6, 6.07) is 16.3. The van der Waals surface area contributed by atoms with Crippen molar-refractivity contribution in [1.29, 1.82) is 0 Å². The molecule has 26 heavy (non-hydrogen) atoms. The molecule has 2 heterocycles. The lowest BCUT2D eigenvalue weighted by Crippen LogP contribution is -2.13. The summed E-state index contributed by atoms with van der Waals surface area (Å²) in [7, 11) is 1.95. The van der Waals surface area contributed by atoms with Crippen LogP contribution in [0.4, 0.5) is 0 Å². The first-order valence-electron chi connectivity index (χ1n) is 8.31. The number of rotatable bonds is 5. The molecule has 132 valence electrons. The largest absolute Gasteiger partial charge is 0.319 e. The number of carbonyl (C=O) groups is 1. The Labute approximate surface area is 163 Å². The average molecular weight is 400 g/mol. The second-order valence-corrected chi connectivity index (χ2v) is 9.20. The fourth-order valence-electron chi connectivity index (χ4n) is 2.65. The van der Waals surface area contributed by atoms with Crippen molar-refractivity contribution in [2.24, 2.45) is 12.0 Å². The lowest BCUT2D eigenvalue weighted by molar-refractivity contribution is -0.118. The van der Waals surface area contributed by atoms with E-state index < -0.39 is 0 Å². The van der Waals surface area contributed by atoms with E-state index in [0.717, 1.165) is 37.0 Å². The Bertz CT molecular complexity index is 1110. The van der Waals surface area contributed by atoms with E-state index in [1.165, 1.54) is 4.70 Å². The smallest absolute Gasteiger partial charge is 0.248 e. The first-order valence-corrected chi connectivity index (χ1v) is 10.9. The number of benzene rings is 2. The molecule has 0 atom stereocenters. The normalized spacial score (nSPS) is 12.3. The monoisotopic (exact) mass is 399 g/mol. The van der Waals surface area contributed by atoms with Gasteiger partial charge in [0, 0.05) is 19.2 Å². The highest BCUT2D eigenvalue weighted by atomic mass is 32.2. The van der Waals surface area contributed by atoms with E-state index in [9.17, 15) is 4.79 Å². The van der Waals surface area contributed by atoms with Gasteiger partial charge in [-0.2, -0.15) is 4.99 Å². The number of thioether (sulfide) groups is 1. The molecule has 4 nitrogen and oxygen atoms in total. The third-order valence-corrected chi connectivity index (χ3v) is 7.35. The van der Waals surface area contributed by atoms with Gasteiger partial charge in [0.1, 0.15) is 0 Å². The maximum atomic E-state index is 12.2. The topological polar surface area (TPSA) is 47.2 Å². The minimum Gasteiger partial charge on any atom is -0.319 e. The molecule has 0 aliphatic rings. The molecule has 0 aliphatic carbocycles. The van der Waals surface area contributed by atoms with Crippen molar-refractivity contribution in [2.75, 3.05) is 5.75 Å². The highest BCUT2D eigenvalue weighted by Crippen LogP contribution is 2.29. The second-order valence-electron chi connectivity index (χ2n) is 5.82. The molecule has 0 saturated heterocycles.